The number of methoxy groups -OCH3 is 1. The molecule has 2 N–H and O–H groups in total. The van der Waals surface area contributed by atoms with E-state index in [0.29, 0.717) is 17.5 Å². The minimum atomic E-state index is -0.335. The van der Waals surface area contributed by atoms with Gasteiger partial charge in [-0.3, -0.25) is 0 Å². The first-order valence-electron chi connectivity index (χ1n) is 9.82. The van der Waals surface area contributed by atoms with E-state index in [1.165, 1.54) is 52.1 Å². The van der Waals surface area contributed by atoms with Crippen LogP contribution in [0.4, 0.5) is 17.5 Å². The first kappa shape index (κ1) is 17.8. The molecule has 1 heterocycles. The fraction of sp³-hybridized carbons (Fsp3) is 0.476. The van der Waals surface area contributed by atoms with Crippen molar-refractivity contribution in [3.63, 3.8) is 0 Å². The molecule has 0 spiro atoms. The molecule has 6 heteroatoms. The van der Waals surface area contributed by atoms with Crippen LogP contribution in [0, 0.1) is 0 Å². The van der Waals surface area contributed by atoms with E-state index in [1.54, 1.807) is 12.1 Å². The molecule has 0 radical (unpaired) electrons. The monoisotopic (exact) mass is 366 g/mol. The van der Waals surface area contributed by atoms with E-state index in [9.17, 15) is 4.79 Å². The maximum absolute atomic E-state index is 11.6. The zero-order valence-electron chi connectivity index (χ0n) is 15.7. The summed E-state index contributed by atoms with van der Waals surface area (Å²) < 4.78 is 4.74. The fourth-order valence-corrected chi connectivity index (χ4v) is 3.57. The van der Waals surface area contributed by atoms with Gasteiger partial charge in [-0.05, 0) is 49.9 Å². The van der Waals surface area contributed by atoms with Crippen molar-refractivity contribution in [1.29, 1.82) is 0 Å². The number of nitrogens with one attached hydrogen (secondary N) is 2. The van der Waals surface area contributed by atoms with Gasteiger partial charge in [-0.1, -0.05) is 19.3 Å². The Morgan fingerprint density at radius 1 is 1.04 bits per heavy atom. The Balaban J connectivity index is 1.51. The maximum Gasteiger partial charge on any atom is 0.337 e. The highest BCUT2D eigenvalue weighted by Crippen LogP contribution is 2.40. The lowest BCUT2D eigenvalue weighted by Gasteiger charge is -2.23. The Labute approximate surface area is 159 Å². The molecule has 27 heavy (non-hydrogen) atoms. The third-order valence-electron chi connectivity index (χ3n) is 5.26. The van der Waals surface area contributed by atoms with E-state index < -0.39 is 0 Å². The zero-order chi connectivity index (χ0) is 18.6. The first-order chi connectivity index (χ1) is 13.2. The van der Waals surface area contributed by atoms with Gasteiger partial charge in [-0.25, -0.2) is 9.78 Å². The zero-order valence-corrected chi connectivity index (χ0v) is 15.7. The van der Waals surface area contributed by atoms with Gasteiger partial charge in [0.1, 0.15) is 5.82 Å². The summed E-state index contributed by atoms with van der Waals surface area (Å²) >= 11 is 0. The molecule has 2 fully saturated rings. The molecule has 1 aromatic carbocycles. The number of rotatable bonds is 6. The van der Waals surface area contributed by atoms with Crippen molar-refractivity contribution in [3.8, 4) is 0 Å². The Morgan fingerprint density at radius 2 is 1.78 bits per heavy atom. The highest BCUT2D eigenvalue weighted by molar-refractivity contribution is 5.89. The summed E-state index contributed by atoms with van der Waals surface area (Å²) in [6, 6.07) is 9.73. The molecule has 6 nitrogen and oxygen atoms in total. The van der Waals surface area contributed by atoms with Crippen molar-refractivity contribution in [1.82, 2.24) is 9.97 Å². The van der Waals surface area contributed by atoms with Crippen LogP contribution < -0.4 is 10.6 Å². The van der Waals surface area contributed by atoms with Crippen LogP contribution in [0.3, 0.4) is 0 Å². The number of esters is 1. The topological polar surface area (TPSA) is 76.1 Å². The highest BCUT2D eigenvalue weighted by atomic mass is 16.5. The summed E-state index contributed by atoms with van der Waals surface area (Å²) in [5.74, 6) is 1.73. The molecule has 0 bridgehead atoms. The molecule has 142 valence electrons. The number of carbonyl (C=O) groups is 1. The molecule has 0 unspecified atom stereocenters. The van der Waals surface area contributed by atoms with Gasteiger partial charge in [0.2, 0.25) is 5.95 Å². The average molecular weight is 366 g/mol. The lowest BCUT2D eigenvalue weighted by Crippen LogP contribution is -2.23. The smallest absolute Gasteiger partial charge is 0.337 e. The number of ether oxygens (including phenoxy) is 1. The van der Waals surface area contributed by atoms with Crippen molar-refractivity contribution in [2.24, 2.45) is 0 Å². The normalized spacial score (nSPS) is 17.4. The predicted molar refractivity (Wildman–Crippen MR) is 106 cm³/mol. The molecular weight excluding hydrogens is 340 g/mol. The fourth-order valence-electron chi connectivity index (χ4n) is 3.57. The lowest BCUT2D eigenvalue weighted by atomic mass is 9.96. The average Bonchev–Trinajstić information content (AvgIpc) is 3.54. The molecular formula is C21H26N4O2. The van der Waals surface area contributed by atoms with Crippen molar-refractivity contribution in [2.45, 2.75) is 56.9 Å². The van der Waals surface area contributed by atoms with Crippen LogP contribution in [-0.2, 0) is 4.74 Å². The molecule has 0 amide bonds. The summed E-state index contributed by atoms with van der Waals surface area (Å²) in [6.07, 6.45) is 8.66. The van der Waals surface area contributed by atoms with Gasteiger partial charge in [0.15, 0.2) is 0 Å². The molecule has 0 saturated heterocycles. The van der Waals surface area contributed by atoms with Crippen LogP contribution in [0.2, 0.25) is 0 Å². The lowest BCUT2D eigenvalue weighted by molar-refractivity contribution is 0.0601. The Morgan fingerprint density at radius 3 is 2.44 bits per heavy atom. The SMILES string of the molecule is COC(=O)c1ccc(Nc2cc(C3CC3)nc(NC3CCCCC3)n2)cc1. The minimum Gasteiger partial charge on any atom is -0.465 e. The van der Waals surface area contributed by atoms with Gasteiger partial charge in [0.05, 0.1) is 18.4 Å². The Bertz CT molecular complexity index is 796. The minimum absolute atomic E-state index is 0.335. The third kappa shape index (κ3) is 4.56. The number of nitrogens with zero attached hydrogens (tertiary/aromatic N) is 2. The second-order valence-corrected chi connectivity index (χ2v) is 7.45. The van der Waals surface area contributed by atoms with Crippen LogP contribution in [0.25, 0.3) is 0 Å². The molecule has 1 aromatic heterocycles. The first-order valence-corrected chi connectivity index (χ1v) is 9.82. The summed E-state index contributed by atoms with van der Waals surface area (Å²) in [5.41, 5.74) is 2.52. The quantitative estimate of drug-likeness (QED) is 0.726. The molecule has 2 aliphatic rings. The van der Waals surface area contributed by atoms with Gasteiger partial charge >= 0.3 is 5.97 Å². The van der Waals surface area contributed by atoms with Crippen LogP contribution in [0.1, 0.15) is 66.9 Å². The van der Waals surface area contributed by atoms with E-state index in [2.05, 4.69) is 15.6 Å². The molecule has 2 aromatic rings. The number of benzene rings is 1. The summed E-state index contributed by atoms with van der Waals surface area (Å²) in [4.78, 5) is 21.0. The molecule has 0 atom stereocenters. The number of hydrogen-bond donors (Lipinski definition) is 2. The van der Waals surface area contributed by atoms with Crippen molar-refractivity contribution in [2.75, 3.05) is 17.7 Å². The maximum atomic E-state index is 11.6. The number of carbonyl (C=O) groups excluding carboxylic acids is 1. The third-order valence-corrected chi connectivity index (χ3v) is 5.26. The summed E-state index contributed by atoms with van der Waals surface area (Å²) in [5, 5.41) is 6.88. The Kier molecular flexibility index (Phi) is 5.23. The van der Waals surface area contributed by atoms with Crippen LogP contribution in [-0.4, -0.2) is 29.1 Å². The van der Waals surface area contributed by atoms with Gasteiger partial charge in [-0.2, -0.15) is 4.98 Å². The second kappa shape index (κ2) is 7.94. The molecule has 2 aliphatic carbocycles. The Hall–Kier alpha value is -2.63. The molecule has 4 rings (SSSR count). The van der Waals surface area contributed by atoms with E-state index in [1.807, 2.05) is 18.2 Å². The van der Waals surface area contributed by atoms with E-state index in [-0.39, 0.29) is 5.97 Å². The van der Waals surface area contributed by atoms with Gasteiger partial charge < -0.3 is 15.4 Å². The van der Waals surface area contributed by atoms with E-state index >= 15 is 0 Å². The highest BCUT2D eigenvalue weighted by Gasteiger charge is 2.26. The molecule has 0 aliphatic heterocycles. The summed E-state index contributed by atoms with van der Waals surface area (Å²) in [6.45, 7) is 0. The second-order valence-electron chi connectivity index (χ2n) is 7.45. The van der Waals surface area contributed by atoms with Crippen molar-refractivity contribution in [3.05, 3.63) is 41.6 Å². The van der Waals surface area contributed by atoms with Gasteiger partial charge in [0, 0.05) is 23.7 Å². The standard InChI is InChI=1S/C21H26N4O2/c1-27-20(26)15-9-11-17(12-10-15)22-19-13-18(14-7-8-14)24-21(25-19)23-16-5-3-2-4-6-16/h9-14,16H,2-8H2,1H3,(H2,22,23,24,25). The number of anilines is 3. The molecule has 2 saturated carbocycles. The van der Waals surface area contributed by atoms with Gasteiger partial charge in [0.25, 0.3) is 0 Å². The van der Waals surface area contributed by atoms with Crippen LogP contribution >= 0.6 is 0 Å². The number of aromatic nitrogens is 2. The predicted octanol–water partition coefficient (Wildman–Crippen LogP) is 4.63. The van der Waals surface area contributed by atoms with E-state index in [0.717, 1.165) is 23.1 Å². The largest absolute Gasteiger partial charge is 0.465 e. The van der Waals surface area contributed by atoms with Crippen molar-refractivity contribution >= 4 is 23.4 Å². The van der Waals surface area contributed by atoms with Crippen LogP contribution in [0.5, 0.6) is 0 Å². The number of hydrogen-bond acceptors (Lipinski definition) is 6. The van der Waals surface area contributed by atoms with Gasteiger partial charge in [-0.15, -0.1) is 0 Å². The van der Waals surface area contributed by atoms with Crippen molar-refractivity contribution < 1.29 is 9.53 Å². The van der Waals surface area contributed by atoms with E-state index in [4.69, 9.17) is 9.72 Å². The van der Waals surface area contributed by atoms with Crippen LogP contribution in [0.15, 0.2) is 30.3 Å². The summed E-state index contributed by atoms with van der Waals surface area (Å²) in [7, 11) is 1.38.